The Morgan fingerprint density at radius 1 is 1.09 bits per heavy atom. The van der Waals surface area contributed by atoms with Gasteiger partial charge in [0.25, 0.3) is 5.91 Å². The van der Waals surface area contributed by atoms with Crippen molar-refractivity contribution < 1.29 is 18.7 Å². The molecule has 180 valence electrons. The van der Waals surface area contributed by atoms with Gasteiger partial charge >= 0.3 is 0 Å². The van der Waals surface area contributed by atoms with E-state index in [1.165, 1.54) is 24.8 Å². The standard InChI is InChI=1S/C27H27FN4O3/c1-18(20-8-10-21(28)11-9-20)30-27(34)23-14-22(31-25(33)16-35-2)15-24-26(23)32(17-29-24)13-12-19-6-4-3-5-7-19/h3-11,14-15,17-18H,12-13,16H2,1-2H3,(H,30,34)(H,31,33)/t18-/m0/s1. The number of nitrogens with one attached hydrogen (secondary N) is 2. The molecule has 4 aromatic rings. The van der Waals surface area contributed by atoms with Crippen molar-refractivity contribution in [3.63, 3.8) is 0 Å². The minimum absolute atomic E-state index is 0.104. The van der Waals surface area contributed by atoms with Gasteiger partial charge in [-0.1, -0.05) is 42.5 Å². The van der Waals surface area contributed by atoms with Crippen LogP contribution in [0, 0.1) is 5.82 Å². The summed E-state index contributed by atoms with van der Waals surface area (Å²) in [6.07, 6.45) is 2.47. The molecule has 8 heteroatoms. The van der Waals surface area contributed by atoms with Gasteiger partial charge in [0.2, 0.25) is 5.91 Å². The van der Waals surface area contributed by atoms with Crippen molar-refractivity contribution in [1.29, 1.82) is 0 Å². The number of halogens is 1. The van der Waals surface area contributed by atoms with Crippen molar-refractivity contribution in [1.82, 2.24) is 14.9 Å². The number of benzene rings is 3. The van der Waals surface area contributed by atoms with Crippen LogP contribution in [0.15, 0.2) is 73.1 Å². The quantitative estimate of drug-likeness (QED) is 0.374. The molecule has 0 aliphatic carbocycles. The molecule has 7 nitrogen and oxygen atoms in total. The Morgan fingerprint density at radius 3 is 2.54 bits per heavy atom. The highest BCUT2D eigenvalue weighted by atomic mass is 19.1. The largest absolute Gasteiger partial charge is 0.375 e. The second kappa shape index (κ2) is 10.9. The van der Waals surface area contributed by atoms with Gasteiger partial charge in [-0.25, -0.2) is 9.37 Å². The van der Waals surface area contributed by atoms with E-state index in [0.29, 0.717) is 28.8 Å². The number of methoxy groups -OCH3 is 1. The molecule has 0 saturated heterocycles. The lowest BCUT2D eigenvalue weighted by atomic mass is 10.1. The van der Waals surface area contributed by atoms with E-state index in [2.05, 4.69) is 27.8 Å². The van der Waals surface area contributed by atoms with Crippen LogP contribution in [-0.2, 0) is 22.5 Å². The summed E-state index contributed by atoms with van der Waals surface area (Å²) in [7, 11) is 1.44. The predicted molar refractivity (Wildman–Crippen MR) is 133 cm³/mol. The van der Waals surface area contributed by atoms with Gasteiger partial charge in [-0.05, 0) is 48.7 Å². The number of rotatable bonds is 9. The maximum absolute atomic E-state index is 13.4. The first kappa shape index (κ1) is 24.1. The van der Waals surface area contributed by atoms with Crippen LogP contribution in [0.3, 0.4) is 0 Å². The van der Waals surface area contributed by atoms with Crippen molar-refractivity contribution >= 4 is 28.5 Å². The third kappa shape index (κ3) is 5.91. The van der Waals surface area contributed by atoms with E-state index in [0.717, 1.165) is 12.0 Å². The highest BCUT2D eigenvalue weighted by molar-refractivity contribution is 6.07. The van der Waals surface area contributed by atoms with Gasteiger partial charge in [-0.2, -0.15) is 0 Å². The number of amides is 2. The SMILES string of the molecule is COCC(=O)Nc1cc(C(=O)N[C@@H](C)c2ccc(F)cc2)c2c(c1)ncn2CCc1ccccc1. The number of ether oxygens (including phenoxy) is 1. The van der Waals surface area contributed by atoms with E-state index >= 15 is 0 Å². The number of aryl methyl sites for hydroxylation is 2. The van der Waals surface area contributed by atoms with Crippen molar-refractivity contribution in [2.24, 2.45) is 0 Å². The Morgan fingerprint density at radius 2 is 1.83 bits per heavy atom. The number of anilines is 1. The maximum atomic E-state index is 13.4. The third-order valence-corrected chi connectivity index (χ3v) is 5.72. The van der Waals surface area contributed by atoms with Crippen molar-refractivity contribution in [2.45, 2.75) is 25.9 Å². The van der Waals surface area contributed by atoms with Crippen LogP contribution in [0.4, 0.5) is 10.1 Å². The molecule has 0 aliphatic heterocycles. The number of carbonyl (C=O) groups excluding carboxylic acids is 2. The zero-order valence-electron chi connectivity index (χ0n) is 19.6. The molecule has 0 radical (unpaired) electrons. The molecule has 0 fully saturated rings. The monoisotopic (exact) mass is 474 g/mol. The first-order chi connectivity index (χ1) is 16.9. The number of aromatic nitrogens is 2. The molecule has 1 heterocycles. The molecule has 0 bridgehead atoms. The zero-order valence-corrected chi connectivity index (χ0v) is 19.6. The van der Waals surface area contributed by atoms with Gasteiger partial charge in [-0.15, -0.1) is 0 Å². The van der Waals surface area contributed by atoms with Gasteiger partial charge in [-0.3, -0.25) is 9.59 Å². The molecular weight excluding hydrogens is 447 g/mol. The average Bonchev–Trinajstić information content (AvgIpc) is 3.26. The smallest absolute Gasteiger partial charge is 0.254 e. The normalized spacial score (nSPS) is 11.9. The summed E-state index contributed by atoms with van der Waals surface area (Å²) in [5.41, 5.74) is 4.05. The molecule has 1 atom stereocenters. The highest BCUT2D eigenvalue weighted by Gasteiger charge is 2.19. The predicted octanol–water partition coefficient (Wildman–Crippen LogP) is 4.49. The molecule has 0 spiro atoms. The summed E-state index contributed by atoms with van der Waals surface area (Å²) in [4.78, 5) is 30.0. The maximum Gasteiger partial charge on any atom is 0.254 e. The number of carbonyl (C=O) groups is 2. The van der Waals surface area contributed by atoms with Crippen LogP contribution in [0.5, 0.6) is 0 Å². The van der Waals surface area contributed by atoms with E-state index in [4.69, 9.17) is 4.74 Å². The fraction of sp³-hybridized carbons (Fsp3) is 0.222. The van der Waals surface area contributed by atoms with Gasteiger partial charge in [0.05, 0.1) is 29.0 Å². The molecule has 2 amide bonds. The van der Waals surface area contributed by atoms with Crippen LogP contribution in [0.25, 0.3) is 11.0 Å². The summed E-state index contributed by atoms with van der Waals surface area (Å²) < 4.78 is 20.2. The van der Waals surface area contributed by atoms with Crippen molar-refractivity contribution in [3.8, 4) is 0 Å². The molecule has 0 aliphatic rings. The Kier molecular flexibility index (Phi) is 7.52. The van der Waals surface area contributed by atoms with Crippen molar-refractivity contribution in [2.75, 3.05) is 19.0 Å². The number of nitrogens with zero attached hydrogens (tertiary/aromatic N) is 2. The molecule has 0 unspecified atom stereocenters. The Balaban J connectivity index is 1.66. The topological polar surface area (TPSA) is 85.2 Å². The summed E-state index contributed by atoms with van der Waals surface area (Å²) in [6.45, 7) is 2.36. The van der Waals surface area contributed by atoms with Crippen LogP contribution in [0.1, 0.15) is 34.5 Å². The van der Waals surface area contributed by atoms with Gasteiger partial charge in [0, 0.05) is 19.3 Å². The second-order valence-corrected chi connectivity index (χ2v) is 8.29. The fourth-order valence-corrected chi connectivity index (χ4v) is 3.96. The van der Waals surface area contributed by atoms with Crippen LogP contribution < -0.4 is 10.6 Å². The first-order valence-electron chi connectivity index (χ1n) is 11.3. The number of hydrogen-bond donors (Lipinski definition) is 2. The lowest BCUT2D eigenvalue weighted by Crippen LogP contribution is -2.27. The third-order valence-electron chi connectivity index (χ3n) is 5.72. The van der Waals surface area contributed by atoms with Crippen LogP contribution in [-0.4, -0.2) is 35.1 Å². The van der Waals surface area contributed by atoms with E-state index in [1.807, 2.05) is 29.7 Å². The summed E-state index contributed by atoms with van der Waals surface area (Å²) >= 11 is 0. The molecule has 3 aromatic carbocycles. The fourth-order valence-electron chi connectivity index (χ4n) is 3.96. The Labute approximate surface area is 202 Å². The van der Waals surface area contributed by atoms with E-state index in [-0.39, 0.29) is 30.3 Å². The number of hydrogen-bond acceptors (Lipinski definition) is 4. The van der Waals surface area contributed by atoms with Gasteiger partial charge in [0.1, 0.15) is 12.4 Å². The van der Waals surface area contributed by atoms with E-state index in [1.54, 1.807) is 30.6 Å². The molecular formula is C27H27FN4O3. The minimum atomic E-state index is -0.356. The first-order valence-corrected chi connectivity index (χ1v) is 11.3. The van der Waals surface area contributed by atoms with E-state index in [9.17, 15) is 14.0 Å². The van der Waals surface area contributed by atoms with Crippen molar-refractivity contribution in [3.05, 3.63) is 95.6 Å². The Hall–Kier alpha value is -4.04. The van der Waals surface area contributed by atoms with E-state index < -0.39 is 0 Å². The van der Waals surface area contributed by atoms with Crippen LogP contribution >= 0.6 is 0 Å². The molecule has 35 heavy (non-hydrogen) atoms. The summed E-state index contributed by atoms with van der Waals surface area (Å²) in [6, 6.07) is 19.1. The Bertz CT molecular complexity index is 1320. The van der Waals surface area contributed by atoms with Crippen LogP contribution in [0.2, 0.25) is 0 Å². The zero-order chi connectivity index (χ0) is 24.8. The highest BCUT2D eigenvalue weighted by Crippen LogP contribution is 2.25. The number of fused-ring (bicyclic) bond motifs is 1. The lowest BCUT2D eigenvalue weighted by Gasteiger charge is -2.17. The van der Waals surface area contributed by atoms with Gasteiger partial charge < -0.3 is 19.9 Å². The average molecular weight is 475 g/mol. The lowest BCUT2D eigenvalue weighted by molar-refractivity contribution is -0.119. The van der Waals surface area contributed by atoms with Gasteiger partial charge in [0.15, 0.2) is 0 Å². The summed E-state index contributed by atoms with van der Waals surface area (Å²) in [5, 5.41) is 5.73. The molecule has 0 saturated carbocycles. The number of imidazole rings is 1. The molecule has 1 aromatic heterocycles. The minimum Gasteiger partial charge on any atom is -0.375 e. The summed E-state index contributed by atoms with van der Waals surface area (Å²) in [5.74, 6) is -0.992. The second-order valence-electron chi connectivity index (χ2n) is 8.29. The molecule has 4 rings (SSSR count). The molecule has 2 N–H and O–H groups in total.